The van der Waals surface area contributed by atoms with Gasteiger partial charge in [-0.1, -0.05) is 0 Å². The van der Waals surface area contributed by atoms with Crippen LogP contribution < -0.4 is 4.90 Å². The van der Waals surface area contributed by atoms with Gasteiger partial charge in [-0.3, -0.25) is 0 Å². The molecule has 2 fully saturated rings. The number of rotatable bonds is 4. The number of aliphatic hydroxyl groups excluding tert-OH is 1. The van der Waals surface area contributed by atoms with E-state index in [2.05, 4.69) is 9.27 Å². The van der Waals surface area contributed by atoms with Gasteiger partial charge < -0.3 is 10.0 Å². The fraction of sp³-hybridized carbons (Fsp3) is 0.846. The summed E-state index contributed by atoms with van der Waals surface area (Å²) in [4.78, 5) is 7.08. The van der Waals surface area contributed by atoms with Gasteiger partial charge in [0.2, 0.25) is 5.13 Å². The molecule has 1 N–H and O–H groups in total. The molecule has 0 amide bonds. The van der Waals surface area contributed by atoms with E-state index in [1.807, 2.05) is 6.92 Å². The molecule has 2 heterocycles. The zero-order valence-corrected chi connectivity index (χ0v) is 11.7. The lowest BCUT2D eigenvalue weighted by Crippen LogP contribution is -2.41. The van der Waals surface area contributed by atoms with Crippen LogP contribution in [0.4, 0.5) is 5.13 Å². The fourth-order valence-corrected chi connectivity index (χ4v) is 3.59. The van der Waals surface area contributed by atoms with Crippen molar-refractivity contribution < 1.29 is 5.11 Å². The molecule has 0 spiro atoms. The molecule has 0 radical (unpaired) electrons. The molecule has 0 bridgehead atoms. The Hall–Kier alpha value is -0.680. The van der Waals surface area contributed by atoms with Crippen LogP contribution in [-0.2, 0) is 0 Å². The standard InChI is InChI=1S/C13H21N3OS/c1-9(17)8-11-4-2-3-7-16(11)13-14-12(15-18-13)10-5-6-10/h9-11,17H,2-8H2,1H3. The highest BCUT2D eigenvalue weighted by Gasteiger charge is 2.31. The largest absolute Gasteiger partial charge is 0.393 e. The lowest BCUT2D eigenvalue weighted by atomic mass is 9.98. The number of anilines is 1. The van der Waals surface area contributed by atoms with Crippen molar-refractivity contribution in [2.75, 3.05) is 11.4 Å². The third-order valence-corrected chi connectivity index (χ3v) is 4.63. The first kappa shape index (κ1) is 12.4. The predicted molar refractivity (Wildman–Crippen MR) is 73.2 cm³/mol. The molecule has 0 aromatic carbocycles. The van der Waals surface area contributed by atoms with Crippen molar-refractivity contribution >= 4 is 16.7 Å². The van der Waals surface area contributed by atoms with Gasteiger partial charge in [-0.05, 0) is 45.4 Å². The zero-order valence-electron chi connectivity index (χ0n) is 10.9. The second-order valence-electron chi connectivity index (χ2n) is 5.64. The number of aromatic nitrogens is 2. The summed E-state index contributed by atoms with van der Waals surface area (Å²) in [5, 5.41) is 10.7. The topological polar surface area (TPSA) is 49.2 Å². The minimum atomic E-state index is -0.230. The minimum absolute atomic E-state index is 0.230. The minimum Gasteiger partial charge on any atom is -0.393 e. The molecule has 18 heavy (non-hydrogen) atoms. The van der Waals surface area contributed by atoms with E-state index >= 15 is 0 Å². The molecule has 1 aliphatic heterocycles. The average molecular weight is 267 g/mol. The van der Waals surface area contributed by atoms with Crippen LogP contribution in [0.25, 0.3) is 0 Å². The Kier molecular flexibility index (Phi) is 3.52. The first-order valence-corrected chi connectivity index (χ1v) is 7.79. The van der Waals surface area contributed by atoms with E-state index in [0.29, 0.717) is 12.0 Å². The molecule has 1 aromatic rings. The van der Waals surface area contributed by atoms with E-state index in [-0.39, 0.29) is 6.10 Å². The van der Waals surface area contributed by atoms with Crippen molar-refractivity contribution in [3.8, 4) is 0 Å². The molecule has 1 aromatic heterocycles. The molecule has 4 nitrogen and oxygen atoms in total. The Morgan fingerprint density at radius 1 is 1.39 bits per heavy atom. The molecule has 1 saturated carbocycles. The molecule has 1 saturated heterocycles. The maximum Gasteiger partial charge on any atom is 0.205 e. The molecule has 2 aliphatic rings. The maximum atomic E-state index is 9.61. The smallest absolute Gasteiger partial charge is 0.205 e. The summed E-state index contributed by atoms with van der Waals surface area (Å²) in [6.45, 7) is 2.94. The van der Waals surface area contributed by atoms with E-state index < -0.39 is 0 Å². The normalized spacial score (nSPS) is 26.3. The summed E-state index contributed by atoms with van der Waals surface area (Å²) in [7, 11) is 0. The van der Waals surface area contributed by atoms with Crippen molar-refractivity contribution in [3.05, 3.63) is 5.82 Å². The van der Waals surface area contributed by atoms with Crippen LogP contribution in [0.5, 0.6) is 0 Å². The number of nitrogens with zero attached hydrogens (tertiary/aromatic N) is 3. The highest BCUT2D eigenvalue weighted by molar-refractivity contribution is 7.09. The van der Waals surface area contributed by atoms with Crippen LogP contribution in [0.1, 0.15) is 57.2 Å². The lowest BCUT2D eigenvalue weighted by Gasteiger charge is -2.36. The highest BCUT2D eigenvalue weighted by Crippen LogP contribution is 2.40. The summed E-state index contributed by atoms with van der Waals surface area (Å²) in [5.41, 5.74) is 0. The first-order chi connectivity index (χ1) is 8.74. The molecule has 2 unspecified atom stereocenters. The third kappa shape index (κ3) is 2.67. The molecule has 100 valence electrons. The molecule has 1 aliphatic carbocycles. The predicted octanol–water partition coefficient (Wildman–Crippen LogP) is 2.55. The summed E-state index contributed by atoms with van der Waals surface area (Å²) in [6.07, 6.45) is 6.80. The second-order valence-corrected chi connectivity index (χ2v) is 6.37. The Morgan fingerprint density at radius 3 is 2.94 bits per heavy atom. The molecule has 5 heteroatoms. The van der Waals surface area contributed by atoms with Gasteiger partial charge in [0.1, 0.15) is 5.82 Å². The molecular formula is C13H21N3OS. The lowest BCUT2D eigenvalue weighted by molar-refractivity contribution is 0.167. The fourth-order valence-electron chi connectivity index (χ4n) is 2.74. The van der Waals surface area contributed by atoms with E-state index in [1.54, 1.807) is 0 Å². The van der Waals surface area contributed by atoms with Gasteiger partial charge in [0.25, 0.3) is 0 Å². The molecule has 3 rings (SSSR count). The quantitative estimate of drug-likeness (QED) is 0.911. The Bertz CT molecular complexity index is 403. The van der Waals surface area contributed by atoms with Crippen molar-refractivity contribution in [2.45, 2.75) is 63.5 Å². The molecule has 2 atom stereocenters. The van der Waals surface area contributed by atoms with Crippen LogP contribution in [0.3, 0.4) is 0 Å². The van der Waals surface area contributed by atoms with Gasteiger partial charge in [0.15, 0.2) is 0 Å². The van der Waals surface area contributed by atoms with Gasteiger partial charge in [0, 0.05) is 30.0 Å². The average Bonchev–Trinajstić information content (AvgIpc) is 3.08. The third-order valence-electron chi connectivity index (χ3n) is 3.86. The number of piperidine rings is 1. The zero-order chi connectivity index (χ0) is 12.5. The van der Waals surface area contributed by atoms with Gasteiger partial charge in [-0.2, -0.15) is 4.37 Å². The van der Waals surface area contributed by atoms with Crippen molar-refractivity contribution in [2.24, 2.45) is 0 Å². The SMILES string of the molecule is CC(O)CC1CCCCN1c1nc(C2CC2)ns1. The number of hydrogen-bond donors (Lipinski definition) is 1. The molecular weight excluding hydrogens is 246 g/mol. The van der Waals surface area contributed by atoms with Crippen molar-refractivity contribution in [1.29, 1.82) is 0 Å². The van der Waals surface area contributed by atoms with Crippen LogP contribution >= 0.6 is 11.5 Å². The van der Waals surface area contributed by atoms with Crippen molar-refractivity contribution in [3.63, 3.8) is 0 Å². The second kappa shape index (κ2) is 5.13. The van der Waals surface area contributed by atoms with E-state index in [0.717, 1.165) is 23.9 Å². The summed E-state index contributed by atoms with van der Waals surface area (Å²) in [6, 6.07) is 0.443. The van der Waals surface area contributed by atoms with E-state index in [1.165, 1.54) is 43.6 Å². The van der Waals surface area contributed by atoms with Gasteiger partial charge >= 0.3 is 0 Å². The maximum absolute atomic E-state index is 9.61. The van der Waals surface area contributed by atoms with Crippen LogP contribution in [0.2, 0.25) is 0 Å². The van der Waals surface area contributed by atoms with Gasteiger partial charge in [-0.15, -0.1) is 0 Å². The first-order valence-electron chi connectivity index (χ1n) is 7.02. The summed E-state index contributed by atoms with van der Waals surface area (Å²) in [5.74, 6) is 1.69. The Labute approximate surface area is 112 Å². The van der Waals surface area contributed by atoms with Crippen molar-refractivity contribution in [1.82, 2.24) is 9.36 Å². The van der Waals surface area contributed by atoms with E-state index in [4.69, 9.17) is 4.98 Å². The van der Waals surface area contributed by atoms with E-state index in [9.17, 15) is 5.11 Å². The number of aliphatic hydroxyl groups is 1. The summed E-state index contributed by atoms with van der Waals surface area (Å²) < 4.78 is 4.49. The van der Waals surface area contributed by atoms with Gasteiger partial charge in [0.05, 0.1) is 6.10 Å². The Balaban J connectivity index is 1.73. The van der Waals surface area contributed by atoms with Crippen LogP contribution in [-0.4, -0.2) is 33.2 Å². The van der Waals surface area contributed by atoms with Crippen LogP contribution in [0, 0.1) is 0 Å². The monoisotopic (exact) mass is 267 g/mol. The summed E-state index contributed by atoms with van der Waals surface area (Å²) >= 11 is 1.54. The van der Waals surface area contributed by atoms with Gasteiger partial charge in [-0.25, -0.2) is 4.98 Å². The number of hydrogen-bond acceptors (Lipinski definition) is 5. The Morgan fingerprint density at radius 2 is 2.22 bits per heavy atom. The van der Waals surface area contributed by atoms with Crippen LogP contribution in [0.15, 0.2) is 0 Å². The highest BCUT2D eigenvalue weighted by atomic mass is 32.1.